The Bertz CT molecular complexity index is 1250. The molecule has 34 heavy (non-hydrogen) atoms. The van der Waals surface area contributed by atoms with Crippen molar-refractivity contribution in [3.8, 4) is 11.5 Å². The number of nitrogens with zero attached hydrogens (tertiary/aromatic N) is 2. The summed E-state index contributed by atoms with van der Waals surface area (Å²) in [4.78, 5) is 30.7. The molecule has 8 nitrogen and oxygen atoms in total. The first-order valence-electron chi connectivity index (χ1n) is 11.3. The number of fused-ring (bicyclic) bond motifs is 1. The first kappa shape index (κ1) is 21.8. The predicted molar refractivity (Wildman–Crippen MR) is 121 cm³/mol. The lowest BCUT2D eigenvalue weighted by atomic mass is 9.94. The Balaban J connectivity index is 1.53. The summed E-state index contributed by atoms with van der Waals surface area (Å²) in [6.07, 6.45) is 6.18. The summed E-state index contributed by atoms with van der Waals surface area (Å²) in [7, 11) is 0. The predicted octanol–water partition coefficient (Wildman–Crippen LogP) is 1.70. The number of Topliss-reactive ketones (excluding diaryl/α,β-unsaturated/α-hetero) is 1. The van der Waals surface area contributed by atoms with Gasteiger partial charge in [-0.25, -0.2) is 4.57 Å². The second kappa shape index (κ2) is 9.05. The molecule has 8 heteroatoms. The zero-order valence-corrected chi connectivity index (χ0v) is 18.8. The summed E-state index contributed by atoms with van der Waals surface area (Å²) in [5, 5.41) is 13.6. The molecule has 3 heterocycles. The van der Waals surface area contributed by atoms with E-state index in [0.717, 1.165) is 11.1 Å². The molecular weight excluding hydrogens is 434 g/mol. The maximum atomic E-state index is 13.6. The summed E-state index contributed by atoms with van der Waals surface area (Å²) in [5.41, 5.74) is 2.05. The molecule has 1 unspecified atom stereocenters. The molecule has 2 aliphatic rings. The molecule has 1 saturated heterocycles. The second-order valence-corrected chi connectivity index (χ2v) is 8.45. The van der Waals surface area contributed by atoms with E-state index in [1.54, 1.807) is 18.2 Å². The summed E-state index contributed by atoms with van der Waals surface area (Å²) in [6, 6.07) is 11.7. The van der Waals surface area contributed by atoms with Gasteiger partial charge in [0.1, 0.15) is 25.6 Å². The highest BCUT2D eigenvalue weighted by Crippen LogP contribution is 2.40. The van der Waals surface area contributed by atoms with Crippen molar-refractivity contribution in [3.05, 3.63) is 83.4 Å². The lowest BCUT2D eigenvalue weighted by Gasteiger charge is -2.28. The van der Waals surface area contributed by atoms with Gasteiger partial charge in [0.05, 0.1) is 12.6 Å². The number of hydrogen-bond acceptors (Lipinski definition) is 5. The van der Waals surface area contributed by atoms with Crippen molar-refractivity contribution in [3.63, 3.8) is 0 Å². The number of ether oxygens (including phenoxy) is 2. The van der Waals surface area contributed by atoms with Gasteiger partial charge in [-0.15, -0.1) is 0 Å². The zero-order valence-electron chi connectivity index (χ0n) is 18.8. The number of rotatable bonds is 6. The molecule has 3 aromatic rings. The molecule has 174 valence electrons. The molecule has 2 aromatic carbocycles. The number of likely N-dealkylation sites (tertiary alicyclic amines) is 1. The van der Waals surface area contributed by atoms with E-state index >= 15 is 0 Å². The normalized spacial score (nSPS) is 19.0. The molecule has 0 aliphatic carbocycles. The SMILES string of the molecule is Cc1ccc(C2/C(=C(\[O-])c3ccc4c(c3)OCCO4)C(=O)C(=O)N2CCC[n+]2cc[nH]c2)cc1. The van der Waals surface area contributed by atoms with Gasteiger partial charge in [0, 0.05) is 18.5 Å². The number of aromatic nitrogens is 2. The molecule has 0 spiro atoms. The van der Waals surface area contributed by atoms with Crippen LogP contribution in [0.4, 0.5) is 0 Å². The van der Waals surface area contributed by atoms with E-state index in [1.807, 2.05) is 54.5 Å². The van der Waals surface area contributed by atoms with Crippen LogP contribution in [0.5, 0.6) is 11.5 Å². The fraction of sp³-hybridized carbons (Fsp3) is 0.269. The standard InChI is InChI=1S/C26H25N3O5/c1-17-3-5-18(6-4-17)23-22(24(30)19-7-8-20-21(15-19)34-14-13-33-20)25(31)26(32)29(23)11-2-10-28-12-9-27-16-28/h3-9,12,15-16,23H,2,10-11,13-14H2,1H3,(H,30,31). The van der Waals surface area contributed by atoms with Crippen LogP contribution in [0, 0.1) is 6.92 Å². The van der Waals surface area contributed by atoms with E-state index in [2.05, 4.69) is 4.98 Å². The first-order chi connectivity index (χ1) is 16.5. The van der Waals surface area contributed by atoms with Crippen molar-refractivity contribution in [2.75, 3.05) is 19.8 Å². The van der Waals surface area contributed by atoms with E-state index in [0.29, 0.717) is 49.8 Å². The highest BCUT2D eigenvalue weighted by atomic mass is 16.6. The largest absolute Gasteiger partial charge is 0.872 e. The molecule has 0 bridgehead atoms. The molecule has 0 saturated carbocycles. The first-order valence-corrected chi connectivity index (χ1v) is 11.3. The highest BCUT2D eigenvalue weighted by Gasteiger charge is 2.44. The number of amides is 1. The molecule has 1 aromatic heterocycles. The molecule has 2 aliphatic heterocycles. The van der Waals surface area contributed by atoms with Crippen molar-refractivity contribution in [2.24, 2.45) is 0 Å². The van der Waals surface area contributed by atoms with Crippen LogP contribution in [-0.2, 0) is 16.1 Å². The van der Waals surface area contributed by atoms with Crippen LogP contribution >= 0.6 is 0 Å². The molecular formula is C26H25N3O5. The van der Waals surface area contributed by atoms with Crippen LogP contribution in [0.25, 0.3) is 5.76 Å². The van der Waals surface area contributed by atoms with Crippen LogP contribution in [0.1, 0.15) is 29.2 Å². The van der Waals surface area contributed by atoms with Gasteiger partial charge < -0.3 is 19.5 Å². The number of aryl methyl sites for hydroxylation is 2. The number of ketones is 1. The van der Waals surface area contributed by atoms with Crippen LogP contribution in [0.15, 0.2) is 66.8 Å². The third-order valence-corrected chi connectivity index (χ3v) is 6.14. The van der Waals surface area contributed by atoms with Crippen molar-refractivity contribution in [2.45, 2.75) is 25.9 Å². The molecule has 1 amide bonds. The average Bonchev–Trinajstić information content (AvgIpc) is 3.46. The minimum atomic E-state index is -0.750. The Morgan fingerprint density at radius 2 is 1.88 bits per heavy atom. The van der Waals surface area contributed by atoms with Crippen LogP contribution in [0.3, 0.4) is 0 Å². The minimum Gasteiger partial charge on any atom is -0.872 e. The zero-order chi connectivity index (χ0) is 23.7. The maximum absolute atomic E-state index is 13.6. The fourth-order valence-corrected chi connectivity index (χ4v) is 4.42. The molecule has 1 fully saturated rings. The highest BCUT2D eigenvalue weighted by molar-refractivity contribution is 6.46. The van der Waals surface area contributed by atoms with E-state index in [1.165, 1.54) is 4.90 Å². The van der Waals surface area contributed by atoms with E-state index in [9.17, 15) is 14.7 Å². The Hall–Kier alpha value is -4.07. The number of imidazole rings is 1. The number of carbonyl (C=O) groups excluding carboxylic acids is 2. The number of H-pyrrole nitrogens is 1. The number of nitrogens with one attached hydrogen (secondary N) is 1. The molecule has 5 rings (SSSR count). The van der Waals surface area contributed by atoms with Gasteiger partial charge in [0.15, 0.2) is 11.5 Å². The topological polar surface area (TPSA) is 98.6 Å². The van der Waals surface area contributed by atoms with Crippen molar-refractivity contribution >= 4 is 17.4 Å². The lowest BCUT2D eigenvalue weighted by molar-refractivity contribution is -0.695. The van der Waals surface area contributed by atoms with Crippen molar-refractivity contribution < 1.29 is 28.7 Å². The molecule has 1 N–H and O–H groups in total. The Kier molecular flexibility index (Phi) is 5.79. The van der Waals surface area contributed by atoms with Gasteiger partial charge in [-0.2, -0.15) is 0 Å². The second-order valence-electron chi connectivity index (χ2n) is 8.45. The summed E-state index contributed by atoms with van der Waals surface area (Å²) in [6.45, 7) is 3.81. The summed E-state index contributed by atoms with van der Waals surface area (Å²) in [5.74, 6) is -0.851. The van der Waals surface area contributed by atoms with Gasteiger partial charge in [0.25, 0.3) is 5.91 Å². The number of benzene rings is 2. The number of aromatic amines is 1. The van der Waals surface area contributed by atoms with Gasteiger partial charge in [-0.1, -0.05) is 41.7 Å². The van der Waals surface area contributed by atoms with Crippen molar-refractivity contribution in [1.29, 1.82) is 0 Å². The monoisotopic (exact) mass is 459 g/mol. The summed E-state index contributed by atoms with van der Waals surface area (Å²) >= 11 is 0. The van der Waals surface area contributed by atoms with Crippen LogP contribution in [0.2, 0.25) is 0 Å². The van der Waals surface area contributed by atoms with Crippen molar-refractivity contribution in [1.82, 2.24) is 9.88 Å². The average molecular weight is 460 g/mol. The Labute approximate surface area is 197 Å². The van der Waals surface area contributed by atoms with Crippen LogP contribution in [-0.4, -0.2) is 41.3 Å². The fourth-order valence-electron chi connectivity index (χ4n) is 4.42. The third kappa shape index (κ3) is 4.03. The van der Waals surface area contributed by atoms with Gasteiger partial charge in [-0.05, 0) is 30.2 Å². The van der Waals surface area contributed by atoms with Gasteiger partial charge >= 0.3 is 0 Å². The maximum Gasteiger partial charge on any atom is 0.295 e. The summed E-state index contributed by atoms with van der Waals surface area (Å²) < 4.78 is 13.1. The molecule has 0 radical (unpaired) electrons. The van der Waals surface area contributed by atoms with E-state index < -0.39 is 23.5 Å². The smallest absolute Gasteiger partial charge is 0.295 e. The quantitative estimate of drug-likeness (QED) is 0.262. The number of hydrogen-bond donors (Lipinski definition) is 1. The lowest BCUT2D eigenvalue weighted by Crippen LogP contribution is -2.36. The molecule has 1 atom stereocenters. The van der Waals surface area contributed by atoms with Gasteiger partial charge in [0.2, 0.25) is 12.1 Å². The number of carbonyl (C=O) groups is 2. The van der Waals surface area contributed by atoms with Crippen LogP contribution < -0.4 is 19.1 Å². The third-order valence-electron chi connectivity index (χ3n) is 6.14. The van der Waals surface area contributed by atoms with Gasteiger partial charge in [-0.3, -0.25) is 14.6 Å². The Morgan fingerprint density at radius 3 is 2.62 bits per heavy atom. The van der Waals surface area contributed by atoms with E-state index in [-0.39, 0.29) is 5.57 Å². The van der Waals surface area contributed by atoms with E-state index in [4.69, 9.17) is 9.47 Å². The minimum absolute atomic E-state index is 0.0279. The Morgan fingerprint density at radius 1 is 1.12 bits per heavy atom.